The molecular formula is C20H19Cl3N2. The first kappa shape index (κ1) is 17.4. The minimum atomic E-state index is -0.0739. The van der Waals surface area contributed by atoms with E-state index in [2.05, 4.69) is 17.0 Å². The maximum Gasteiger partial charge on any atom is 0.0595 e. The summed E-state index contributed by atoms with van der Waals surface area (Å²) in [7, 11) is 0. The van der Waals surface area contributed by atoms with Crippen LogP contribution in [0.2, 0.25) is 15.1 Å². The largest absolute Gasteiger partial charge is 0.323 e. The van der Waals surface area contributed by atoms with Gasteiger partial charge < -0.3 is 5.73 Å². The minimum absolute atomic E-state index is 0.0739. The van der Waals surface area contributed by atoms with Gasteiger partial charge in [-0.25, -0.2) is 0 Å². The molecule has 0 radical (unpaired) electrons. The maximum atomic E-state index is 6.41. The fraction of sp³-hybridized carbons (Fsp3) is 0.300. The molecule has 0 saturated heterocycles. The Labute approximate surface area is 163 Å². The van der Waals surface area contributed by atoms with Crippen LogP contribution in [0, 0.1) is 0 Å². The van der Waals surface area contributed by atoms with E-state index in [0.717, 1.165) is 43.1 Å². The molecule has 1 unspecified atom stereocenters. The Kier molecular flexibility index (Phi) is 4.83. The molecule has 2 aliphatic rings. The molecule has 0 fully saturated rings. The summed E-state index contributed by atoms with van der Waals surface area (Å²) in [5.74, 6) is 0. The van der Waals surface area contributed by atoms with E-state index in [-0.39, 0.29) is 6.04 Å². The van der Waals surface area contributed by atoms with Gasteiger partial charge in [-0.3, -0.25) is 4.90 Å². The molecule has 1 aliphatic heterocycles. The molecule has 2 aromatic carbocycles. The molecule has 4 rings (SSSR count). The van der Waals surface area contributed by atoms with Crippen LogP contribution in [0.4, 0.5) is 0 Å². The molecule has 1 atom stereocenters. The first-order chi connectivity index (χ1) is 12.0. The minimum Gasteiger partial charge on any atom is -0.323 e. The maximum absolute atomic E-state index is 6.41. The summed E-state index contributed by atoms with van der Waals surface area (Å²) in [5, 5.41) is 1.94. The topological polar surface area (TPSA) is 29.3 Å². The van der Waals surface area contributed by atoms with Crippen molar-refractivity contribution in [2.24, 2.45) is 5.73 Å². The van der Waals surface area contributed by atoms with Crippen molar-refractivity contribution in [3.8, 4) is 0 Å². The third-order valence-corrected chi connectivity index (χ3v) is 6.12. The average Bonchev–Trinajstić information content (AvgIpc) is 2.94. The lowest BCUT2D eigenvalue weighted by Gasteiger charge is -2.31. The number of nitrogens with zero attached hydrogens (tertiary/aromatic N) is 1. The van der Waals surface area contributed by atoms with E-state index in [1.54, 1.807) is 0 Å². The van der Waals surface area contributed by atoms with Crippen LogP contribution in [-0.4, -0.2) is 24.5 Å². The number of fused-ring (bicyclic) bond motifs is 2. The van der Waals surface area contributed by atoms with Crippen LogP contribution in [0.25, 0.3) is 5.57 Å². The van der Waals surface area contributed by atoms with Crippen LogP contribution in [0.5, 0.6) is 0 Å². The van der Waals surface area contributed by atoms with E-state index in [1.807, 2.05) is 24.3 Å². The van der Waals surface area contributed by atoms with Crippen molar-refractivity contribution in [2.45, 2.75) is 18.9 Å². The Hall–Kier alpha value is -1.03. The molecule has 1 heterocycles. The summed E-state index contributed by atoms with van der Waals surface area (Å²) in [5.41, 5.74) is 13.2. The first-order valence-electron chi connectivity index (χ1n) is 8.44. The van der Waals surface area contributed by atoms with Gasteiger partial charge in [-0.15, -0.1) is 0 Å². The number of hydrogen-bond donors (Lipinski definition) is 1. The fourth-order valence-corrected chi connectivity index (χ4v) is 4.35. The highest BCUT2D eigenvalue weighted by Crippen LogP contribution is 2.39. The summed E-state index contributed by atoms with van der Waals surface area (Å²) < 4.78 is 0. The summed E-state index contributed by atoms with van der Waals surface area (Å²) in [4.78, 5) is 2.43. The monoisotopic (exact) mass is 392 g/mol. The van der Waals surface area contributed by atoms with Crippen LogP contribution in [0.1, 0.15) is 29.2 Å². The third-order valence-electron chi connectivity index (χ3n) is 5.15. The summed E-state index contributed by atoms with van der Waals surface area (Å²) in [6.45, 7) is 2.79. The van der Waals surface area contributed by atoms with Crippen LogP contribution in [-0.2, 0) is 6.42 Å². The van der Waals surface area contributed by atoms with Gasteiger partial charge in [0, 0.05) is 30.7 Å². The molecule has 0 spiro atoms. The summed E-state index contributed by atoms with van der Waals surface area (Å²) in [6, 6.07) is 11.8. The molecular weight excluding hydrogens is 375 g/mol. The average molecular weight is 394 g/mol. The molecule has 1 aliphatic carbocycles. The quantitative estimate of drug-likeness (QED) is 0.760. The standard InChI is InChI=1S/C20H19Cl3N2/c21-15-3-1-12-7-14-10-25(6-5-16(14)17(12)9-15)11-20(24)13-2-4-18(22)19(23)8-13/h1-4,8-9,20H,5-7,10-11,24H2. The van der Waals surface area contributed by atoms with E-state index in [9.17, 15) is 0 Å². The van der Waals surface area contributed by atoms with Gasteiger partial charge in [0.05, 0.1) is 10.0 Å². The lowest BCUT2D eigenvalue weighted by molar-refractivity contribution is 0.275. The van der Waals surface area contributed by atoms with Gasteiger partial charge in [0.25, 0.3) is 0 Å². The van der Waals surface area contributed by atoms with E-state index < -0.39 is 0 Å². The predicted octanol–water partition coefficient (Wildman–Crippen LogP) is 5.36. The number of halogens is 3. The van der Waals surface area contributed by atoms with Gasteiger partial charge in [-0.2, -0.15) is 0 Å². The van der Waals surface area contributed by atoms with Crippen LogP contribution >= 0.6 is 34.8 Å². The number of rotatable bonds is 3. The van der Waals surface area contributed by atoms with Crippen molar-refractivity contribution in [1.82, 2.24) is 4.90 Å². The normalized spacial score (nSPS) is 18.2. The molecule has 2 N–H and O–H groups in total. The van der Waals surface area contributed by atoms with E-state index in [1.165, 1.54) is 22.3 Å². The highest BCUT2D eigenvalue weighted by Gasteiger charge is 2.27. The summed E-state index contributed by atoms with van der Waals surface area (Å²) >= 11 is 18.3. The Balaban J connectivity index is 1.47. The van der Waals surface area contributed by atoms with Gasteiger partial charge in [0.1, 0.15) is 0 Å². The van der Waals surface area contributed by atoms with E-state index in [0.29, 0.717) is 10.0 Å². The zero-order valence-electron chi connectivity index (χ0n) is 13.7. The number of hydrogen-bond acceptors (Lipinski definition) is 2. The molecule has 2 nitrogen and oxygen atoms in total. The molecule has 0 bridgehead atoms. The van der Waals surface area contributed by atoms with Gasteiger partial charge in [-0.05, 0) is 64.9 Å². The SMILES string of the molecule is NC(CN1CCC2=C(Cc3ccc(Cl)cc32)C1)c1ccc(Cl)c(Cl)c1. The predicted molar refractivity (Wildman–Crippen MR) is 107 cm³/mol. The van der Waals surface area contributed by atoms with Crippen LogP contribution in [0.3, 0.4) is 0 Å². The lowest BCUT2D eigenvalue weighted by atomic mass is 9.98. The van der Waals surface area contributed by atoms with E-state index in [4.69, 9.17) is 40.5 Å². The Morgan fingerprint density at radius 1 is 1.04 bits per heavy atom. The molecule has 0 aromatic heterocycles. The highest BCUT2D eigenvalue weighted by atomic mass is 35.5. The number of benzene rings is 2. The summed E-state index contributed by atoms with van der Waals surface area (Å²) in [6.07, 6.45) is 2.08. The Bertz CT molecular complexity index is 860. The first-order valence-corrected chi connectivity index (χ1v) is 9.57. The van der Waals surface area contributed by atoms with Gasteiger partial charge in [0.15, 0.2) is 0 Å². The fourth-order valence-electron chi connectivity index (χ4n) is 3.87. The van der Waals surface area contributed by atoms with Crippen molar-refractivity contribution in [1.29, 1.82) is 0 Å². The van der Waals surface area contributed by atoms with Crippen molar-refractivity contribution in [3.05, 3.63) is 73.7 Å². The molecule has 5 heteroatoms. The molecule has 25 heavy (non-hydrogen) atoms. The van der Waals surface area contributed by atoms with Crippen molar-refractivity contribution in [2.75, 3.05) is 19.6 Å². The molecule has 2 aromatic rings. The third kappa shape index (κ3) is 3.47. The van der Waals surface area contributed by atoms with Gasteiger partial charge in [0.2, 0.25) is 0 Å². The lowest BCUT2D eigenvalue weighted by Crippen LogP contribution is -2.36. The van der Waals surface area contributed by atoms with Crippen molar-refractivity contribution < 1.29 is 0 Å². The second-order valence-corrected chi connectivity index (χ2v) is 8.08. The smallest absolute Gasteiger partial charge is 0.0595 e. The second-order valence-electron chi connectivity index (χ2n) is 6.83. The zero-order valence-corrected chi connectivity index (χ0v) is 16.0. The second kappa shape index (κ2) is 6.94. The Morgan fingerprint density at radius 2 is 1.88 bits per heavy atom. The van der Waals surface area contributed by atoms with E-state index >= 15 is 0 Å². The van der Waals surface area contributed by atoms with Gasteiger partial charge >= 0.3 is 0 Å². The molecule has 130 valence electrons. The zero-order chi connectivity index (χ0) is 17.6. The molecule has 0 amide bonds. The van der Waals surface area contributed by atoms with Crippen LogP contribution < -0.4 is 5.73 Å². The highest BCUT2D eigenvalue weighted by molar-refractivity contribution is 6.42. The van der Waals surface area contributed by atoms with Crippen molar-refractivity contribution in [3.63, 3.8) is 0 Å². The Morgan fingerprint density at radius 3 is 2.68 bits per heavy atom. The number of nitrogens with two attached hydrogens (primary N) is 1. The van der Waals surface area contributed by atoms with Gasteiger partial charge in [-0.1, -0.05) is 46.9 Å². The van der Waals surface area contributed by atoms with Crippen LogP contribution in [0.15, 0.2) is 42.0 Å². The molecule has 0 saturated carbocycles. The van der Waals surface area contributed by atoms with Crippen molar-refractivity contribution >= 4 is 40.4 Å².